The molecule has 0 bridgehead atoms. The maximum atomic E-state index is 2.43. The summed E-state index contributed by atoms with van der Waals surface area (Å²) < 4.78 is 4.86. The molecule has 0 aliphatic heterocycles. The van der Waals surface area contributed by atoms with Crippen LogP contribution >= 0.6 is 0 Å². The summed E-state index contributed by atoms with van der Waals surface area (Å²) >= 11 is 1.10. The number of hydrogen-bond donors (Lipinski definition) is 0. The van der Waals surface area contributed by atoms with Gasteiger partial charge >= 0.3 is 48.1 Å². The van der Waals surface area contributed by atoms with Crippen LogP contribution in [0.3, 0.4) is 0 Å². The fourth-order valence-electron chi connectivity index (χ4n) is 0. The summed E-state index contributed by atoms with van der Waals surface area (Å²) in [6.45, 7) is 0. The van der Waals surface area contributed by atoms with Gasteiger partial charge in [-0.2, -0.15) is 0 Å². The van der Waals surface area contributed by atoms with Crippen LogP contribution in [0.25, 0.3) is 0 Å². The molecule has 0 atom stereocenters. The van der Waals surface area contributed by atoms with Gasteiger partial charge in [0.1, 0.15) is 0 Å². The molecule has 0 aliphatic rings. The van der Waals surface area contributed by atoms with E-state index in [0.29, 0.717) is 0 Å². The Morgan fingerprint density at radius 3 is 1.50 bits per heavy atom. The van der Waals surface area contributed by atoms with Gasteiger partial charge < -0.3 is 0 Å². The molecule has 0 spiro atoms. The second-order valence-corrected chi connectivity index (χ2v) is 27.5. The zero-order valence-electron chi connectivity index (χ0n) is 3.45. The molecule has 0 saturated carbocycles. The normalized spacial score (nSPS) is 9.25. The molecule has 0 rings (SSSR count). The molecule has 20 valence electrons. The third-order valence-electron chi connectivity index (χ3n) is 0. The van der Waals surface area contributed by atoms with Crippen LogP contribution < -0.4 is 0 Å². The molecule has 0 unspecified atom stereocenters. The van der Waals surface area contributed by atoms with Gasteiger partial charge in [-0.05, 0) is 0 Å². The average Bonchev–Trinajstić information content (AvgIpc) is 0.811. The molecule has 0 radical (unpaired) electrons. The summed E-state index contributed by atoms with van der Waals surface area (Å²) in [6, 6.07) is 0. The van der Waals surface area contributed by atoms with Gasteiger partial charge in [0, 0.05) is 0 Å². The SMILES string of the molecule is [CH3][Bi]([CH3])[Na]. The van der Waals surface area contributed by atoms with Gasteiger partial charge in [0.15, 0.2) is 0 Å². The van der Waals surface area contributed by atoms with E-state index in [1.54, 1.807) is 22.8 Å². The zero-order valence-corrected chi connectivity index (χ0v) is 8.92. The molecule has 0 nitrogen and oxygen atoms in total. The molecule has 2 heteroatoms. The maximum absolute atomic E-state index is 2.43. The minimum absolute atomic E-state index is 0.454. The number of rotatable bonds is 0. The van der Waals surface area contributed by atoms with E-state index in [4.69, 9.17) is 0 Å². The molecule has 0 heterocycles. The molecule has 0 aromatic carbocycles. The summed E-state index contributed by atoms with van der Waals surface area (Å²) in [6.07, 6.45) is 0. The van der Waals surface area contributed by atoms with E-state index in [0.717, 1.165) is 0 Å². The van der Waals surface area contributed by atoms with Crippen molar-refractivity contribution in [2.75, 3.05) is 0 Å². The molecule has 0 N–H and O–H groups in total. The monoisotopic (exact) mass is 262 g/mol. The Kier molecular flexibility index (Phi) is 4.54. The van der Waals surface area contributed by atoms with Crippen LogP contribution in [0.5, 0.6) is 0 Å². The fraction of sp³-hybridized carbons (Fsp3) is 1.00. The first-order valence-electron chi connectivity index (χ1n) is 1.34. The van der Waals surface area contributed by atoms with Gasteiger partial charge in [0.05, 0.1) is 0 Å². The molecule has 0 fully saturated rings. The van der Waals surface area contributed by atoms with Crippen LogP contribution in [0.1, 0.15) is 0 Å². The summed E-state index contributed by atoms with van der Waals surface area (Å²) in [4.78, 5) is 0. The third-order valence-corrected chi connectivity index (χ3v) is 0. The van der Waals surface area contributed by atoms with E-state index < -0.39 is 16.0 Å². The van der Waals surface area contributed by atoms with Crippen LogP contribution in [0.2, 0.25) is 9.26 Å². The molecule has 0 aromatic heterocycles. The van der Waals surface area contributed by atoms with Crippen molar-refractivity contribution in [1.29, 1.82) is 0 Å². The van der Waals surface area contributed by atoms with Crippen LogP contribution in [-0.2, 0) is 0 Å². The van der Waals surface area contributed by atoms with Crippen molar-refractivity contribution in [1.82, 2.24) is 0 Å². The molecule has 0 aromatic rings. The van der Waals surface area contributed by atoms with E-state index >= 15 is 0 Å². The van der Waals surface area contributed by atoms with Gasteiger partial charge in [0.25, 0.3) is 0 Å². The second kappa shape index (κ2) is 3.09. The van der Waals surface area contributed by atoms with Crippen LogP contribution in [0.15, 0.2) is 0 Å². The quantitative estimate of drug-likeness (QED) is 0.554. The number of hydrogen-bond acceptors (Lipinski definition) is 0. The molecule has 0 saturated heterocycles. The predicted octanol–water partition coefficient (Wildman–Crippen LogP) is 0.406. The van der Waals surface area contributed by atoms with E-state index in [1.165, 1.54) is 0 Å². The molecular weight excluding hydrogens is 256 g/mol. The Labute approximate surface area is 47.3 Å². The summed E-state index contributed by atoms with van der Waals surface area (Å²) in [7, 11) is 0. The first-order valence-corrected chi connectivity index (χ1v) is 19.6. The molecule has 0 amide bonds. The van der Waals surface area contributed by atoms with Crippen molar-refractivity contribution in [3.63, 3.8) is 0 Å². The summed E-state index contributed by atoms with van der Waals surface area (Å²) in [5.41, 5.74) is 0. The Morgan fingerprint density at radius 1 is 1.50 bits per heavy atom. The summed E-state index contributed by atoms with van der Waals surface area (Å²) in [5, 5.41) is 0. The molecule has 4 heavy (non-hydrogen) atoms. The topological polar surface area (TPSA) is 0 Å². The Morgan fingerprint density at radius 2 is 1.50 bits per heavy atom. The fourth-order valence-corrected chi connectivity index (χ4v) is 0. The van der Waals surface area contributed by atoms with Crippen molar-refractivity contribution in [3.8, 4) is 0 Å². The Bertz CT molecular complexity index is 10.8. The predicted molar refractivity (Wildman–Crippen MR) is 23.2 cm³/mol. The first kappa shape index (κ1) is 5.88. The third kappa shape index (κ3) is 9.10. The minimum atomic E-state index is -0.454. The van der Waals surface area contributed by atoms with E-state index in [2.05, 4.69) is 9.26 Å². The molecular formula is C2H6BiNa. The van der Waals surface area contributed by atoms with Gasteiger partial charge in [-0.15, -0.1) is 0 Å². The van der Waals surface area contributed by atoms with Crippen LogP contribution in [0, 0.1) is 0 Å². The van der Waals surface area contributed by atoms with Crippen molar-refractivity contribution in [2.24, 2.45) is 0 Å². The van der Waals surface area contributed by atoms with Gasteiger partial charge in [-0.1, -0.05) is 0 Å². The Balaban J connectivity index is 2.32. The van der Waals surface area contributed by atoms with Crippen LogP contribution in [0.4, 0.5) is 0 Å². The summed E-state index contributed by atoms with van der Waals surface area (Å²) in [5.74, 6) is 0. The van der Waals surface area contributed by atoms with E-state index in [-0.39, 0.29) is 0 Å². The van der Waals surface area contributed by atoms with E-state index in [1.807, 2.05) is 0 Å². The van der Waals surface area contributed by atoms with Crippen molar-refractivity contribution in [2.45, 2.75) is 9.26 Å². The average molecular weight is 262 g/mol. The van der Waals surface area contributed by atoms with Crippen molar-refractivity contribution < 1.29 is 0 Å². The molecule has 0 aliphatic carbocycles. The second-order valence-electron chi connectivity index (χ2n) is 1.34. The first-order chi connectivity index (χ1) is 1.73. The zero-order chi connectivity index (χ0) is 3.58. The van der Waals surface area contributed by atoms with Gasteiger partial charge in [0.2, 0.25) is 0 Å². The van der Waals surface area contributed by atoms with Crippen LogP contribution in [-0.4, -0.2) is 38.8 Å². The van der Waals surface area contributed by atoms with E-state index in [9.17, 15) is 0 Å². The Hall–Kier alpha value is 1.88. The van der Waals surface area contributed by atoms with Crippen molar-refractivity contribution in [3.05, 3.63) is 0 Å². The van der Waals surface area contributed by atoms with Gasteiger partial charge in [-0.25, -0.2) is 0 Å². The van der Waals surface area contributed by atoms with Crippen molar-refractivity contribution >= 4 is 38.8 Å². The standard InChI is InChI=1S/2CH3.Bi.Na/h2*1H3;;. The van der Waals surface area contributed by atoms with Gasteiger partial charge in [-0.3, -0.25) is 0 Å².